The van der Waals surface area contributed by atoms with Gasteiger partial charge in [-0.25, -0.2) is 0 Å². The van der Waals surface area contributed by atoms with Crippen LogP contribution in [-0.2, 0) is 17.1 Å². The van der Waals surface area contributed by atoms with Crippen LogP contribution in [0, 0.1) is 0 Å². The molecule has 1 fully saturated rings. The van der Waals surface area contributed by atoms with E-state index in [1.165, 1.54) is 11.9 Å². The van der Waals surface area contributed by atoms with Gasteiger partial charge in [0.25, 0.3) is 0 Å². The quantitative estimate of drug-likeness (QED) is 0.809. The van der Waals surface area contributed by atoms with Gasteiger partial charge in [-0.05, 0) is 30.8 Å². The highest BCUT2D eigenvalue weighted by Gasteiger charge is 2.38. The molecule has 2 rings (SSSR count). The summed E-state index contributed by atoms with van der Waals surface area (Å²) in [5.41, 5.74) is -3.06. The molecule has 1 aromatic rings. The van der Waals surface area contributed by atoms with Crippen molar-refractivity contribution in [1.82, 2.24) is 10.2 Å². The number of nitrogens with one attached hydrogen (secondary N) is 1. The maximum Gasteiger partial charge on any atom is 0.416 e. The topological polar surface area (TPSA) is 32.3 Å². The molecule has 1 aliphatic heterocycles. The summed E-state index contributed by atoms with van der Waals surface area (Å²) >= 11 is 0. The molecule has 1 N–H and O–H groups in total. The van der Waals surface area contributed by atoms with Gasteiger partial charge in [-0.1, -0.05) is 0 Å². The SMILES string of the molecule is CN1CC(=O)NC1c1cc(C(F)(F)F)cc(C(F)(F)F)c1. The van der Waals surface area contributed by atoms with Crippen molar-refractivity contribution in [3.05, 3.63) is 34.9 Å². The molecular formula is C12H10F6N2O. The summed E-state index contributed by atoms with van der Waals surface area (Å²) < 4.78 is 76.4. The van der Waals surface area contributed by atoms with Crippen molar-refractivity contribution in [3.8, 4) is 0 Å². The predicted molar refractivity (Wildman–Crippen MR) is 60.0 cm³/mol. The van der Waals surface area contributed by atoms with Crippen molar-refractivity contribution >= 4 is 5.91 Å². The van der Waals surface area contributed by atoms with Crippen LogP contribution in [0.4, 0.5) is 26.3 Å². The lowest BCUT2D eigenvalue weighted by molar-refractivity contribution is -0.143. The average molecular weight is 312 g/mol. The highest BCUT2D eigenvalue weighted by Crippen LogP contribution is 2.38. The fourth-order valence-electron chi connectivity index (χ4n) is 2.10. The van der Waals surface area contributed by atoms with Crippen LogP contribution in [0.25, 0.3) is 0 Å². The fourth-order valence-corrected chi connectivity index (χ4v) is 2.10. The average Bonchev–Trinajstić information content (AvgIpc) is 2.65. The second-order valence-corrected chi connectivity index (χ2v) is 4.72. The van der Waals surface area contributed by atoms with Gasteiger partial charge in [-0.15, -0.1) is 0 Å². The number of halogens is 6. The molecule has 1 atom stereocenters. The Balaban J connectivity index is 2.53. The Morgan fingerprint density at radius 3 is 1.86 bits per heavy atom. The second-order valence-electron chi connectivity index (χ2n) is 4.72. The van der Waals surface area contributed by atoms with Crippen molar-refractivity contribution in [2.24, 2.45) is 0 Å². The number of carbonyl (C=O) groups excluding carboxylic acids is 1. The van der Waals surface area contributed by atoms with Crippen LogP contribution in [0.2, 0.25) is 0 Å². The van der Waals surface area contributed by atoms with Crippen LogP contribution in [0.1, 0.15) is 22.9 Å². The van der Waals surface area contributed by atoms with E-state index in [0.717, 1.165) is 0 Å². The summed E-state index contributed by atoms with van der Waals surface area (Å²) in [5, 5.41) is 2.33. The van der Waals surface area contributed by atoms with Gasteiger partial charge in [-0.3, -0.25) is 9.69 Å². The lowest BCUT2D eigenvalue weighted by Crippen LogP contribution is -2.25. The number of alkyl halides is 6. The summed E-state index contributed by atoms with van der Waals surface area (Å²) in [6.45, 7) is -0.0950. The van der Waals surface area contributed by atoms with Crippen molar-refractivity contribution in [1.29, 1.82) is 0 Å². The Hall–Kier alpha value is -1.77. The summed E-state index contributed by atoms with van der Waals surface area (Å²) in [6, 6.07) is 1.28. The highest BCUT2D eigenvalue weighted by molar-refractivity contribution is 5.80. The lowest BCUT2D eigenvalue weighted by Gasteiger charge is -2.21. The van der Waals surface area contributed by atoms with Crippen molar-refractivity contribution in [2.45, 2.75) is 18.5 Å². The summed E-state index contributed by atoms with van der Waals surface area (Å²) in [4.78, 5) is 12.5. The molecule has 1 saturated heterocycles. The molecule has 0 aliphatic carbocycles. The number of carbonyl (C=O) groups is 1. The summed E-state index contributed by atoms with van der Waals surface area (Å²) in [6.07, 6.45) is -10.8. The molecule has 1 aliphatic rings. The number of hydrogen-bond acceptors (Lipinski definition) is 2. The molecule has 1 aromatic carbocycles. The van der Waals surface area contributed by atoms with Gasteiger partial charge >= 0.3 is 12.4 Å². The van der Waals surface area contributed by atoms with Gasteiger partial charge in [0, 0.05) is 0 Å². The van der Waals surface area contributed by atoms with E-state index in [-0.39, 0.29) is 18.2 Å². The predicted octanol–water partition coefficient (Wildman–Crippen LogP) is 2.78. The highest BCUT2D eigenvalue weighted by atomic mass is 19.4. The standard InChI is InChI=1S/C12H10F6N2O/c1-20-5-9(21)19-10(20)6-2-7(11(13,14)15)4-8(3-6)12(16,17)18/h2-4,10H,5H2,1H3,(H,19,21). The molecule has 0 radical (unpaired) electrons. The van der Waals surface area contributed by atoms with Crippen molar-refractivity contribution in [2.75, 3.05) is 13.6 Å². The summed E-state index contributed by atoms with van der Waals surface area (Å²) in [7, 11) is 1.43. The minimum atomic E-state index is -4.91. The monoisotopic (exact) mass is 312 g/mol. The number of likely N-dealkylation sites (N-methyl/N-ethyl adjacent to an activating group) is 1. The first-order valence-corrected chi connectivity index (χ1v) is 5.77. The number of nitrogens with zero attached hydrogens (tertiary/aromatic N) is 1. The normalized spacial score (nSPS) is 20.7. The largest absolute Gasteiger partial charge is 0.416 e. The van der Waals surface area contributed by atoms with Crippen LogP contribution in [0.3, 0.4) is 0 Å². The Morgan fingerprint density at radius 1 is 1.05 bits per heavy atom. The number of amides is 1. The second kappa shape index (κ2) is 4.90. The van der Waals surface area contributed by atoms with Crippen LogP contribution < -0.4 is 5.32 Å². The zero-order chi connectivity index (χ0) is 16.0. The first kappa shape index (κ1) is 15.6. The van der Waals surface area contributed by atoms with E-state index < -0.39 is 35.6 Å². The van der Waals surface area contributed by atoms with E-state index >= 15 is 0 Å². The van der Waals surface area contributed by atoms with Crippen molar-refractivity contribution in [3.63, 3.8) is 0 Å². The van der Waals surface area contributed by atoms with E-state index in [0.29, 0.717) is 12.1 Å². The smallest absolute Gasteiger partial charge is 0.335 e. The van der Waals surface area contributed by atoms with Gasteiger partial charge in [0.2, 0.25) is 5.91 Å². The first-order valence-electron chi connectivity index (χ1n) is 5.77. The molecule has 1 heterocycles. The van der Waals surface area contributed by atoms with Crippen LogP contribution in [-0.4, -0.2) is 24.4 Å². The molecule has 1 unspecified atom stereocenters. The summed E-state index contributed by atoms with van der Waals surface area (Å²) in [5.74, 6) is -0.464. The lowest BCUT2D eigenvalue weighted by atomic mass is 10.0. The van der Waals surface area contributed by atoms with Gasteiger partial charge in [0.15, 0.2) is 0 Å². The zero-order valence-corrected chi connectivity index (χ0v) is 10.6. The first-order chi connectivity index (χ1) is 9.48. The number of rotatable bonds is 1. The third-order valence-corrected chi connectivity index (χ3v) is 3.06. The van der Waals surface area contributed by atoms with Gasteiger partial charge < -0.3 is 5.32 Å². The van der Waals surface area contributed by atoms with Crippen molar-refractivity contribution < 1.29 is 31.1 Å². The van der Waals surface area contributed by atoms with E-state index in [1.807, 2.05) is 0 Å². The molecule has 0 spiro atoms. The molecule has 0 saturated carbocycles. The molecule has 1 amide bonds. The Labute approximate surface area is 115 Å². The van der Waals surface area contributed by atoms with Crippen LogP contribution >= 0.6 is 0 Å². The van der Waals surface area contributed by atoms with Gasteiger partial charge in [0.05, 0.1) is 17.7 Å². The third-order valence-electron chi connectivity index (χ3n) is 3.06. The van der Waals surface area contributed by atoms with E-state index in [2.05, 4.69) is 5.32 Å². The Morgan fingerprint density at radius 2 is 1.52 bits per heavy atom. The maximum absolute atomic E-state index is 12.7. The number of hydrogen-bond donors (Lipinski definition) is 1. The van der Waals surface area contributed by atoms with Crippen LogP contribution in [0.5, 0.6) is 0 Å². The Bertz CT molecular complexity index is 534. The van der Waals surface area contributed by atoms with E-state index in [9.17, 15) is 31.1 Å². The van der Waals surface area contributed by atoms with Gasteiger partial charge in [-0.2, -0.15) is 26.3 Å². The third kappa shape index (κ3) is 3.29. The molecule has 9 heteroatoms. The minimum Gasteiger partial charge on any atom is -0.335 e. The zero-order valence-electron chi connectivity index (χ0n) is 10.6. The van der Waals surface area contributed by atoms with Gasteiger partial charge in [0.1, 0.15) is 6.17 Å². The molecular weight excluding hydrogens is 302 g/mol. The van der Waals surface area contributed by atoms with Crippen LogP contribution in [0.15, 0.2) is 18.2 Å². The molecule has 3 nitrogen and oxygen atoms in total. The minimum absolute atomic E-state index is 0.0558. The van der Waals surface area contributed by atoms with E-state index in [1.54, 1.807) is 0 Å². The fraction of sp³-hybridized carbons (Fsp3) is 0.417. The molecule has 0 aromatic heterocycles. The molecule has 21 heavy (non-hydrogen) atoms. The molecule has 116 valence electrons. The maximum atomic E-state index is 12.7. The van der Waals surface area contributed by atoms with E-state index in [4.69, 9.17) is 0 Å². The number of benzene rings is 1. The Kier molecular flexibility index (Phi) is 3.64. The molecule has 0 bridgehead atoms.